The van der Waals surface area contributed by atoms with E-state index in [1.165, 1.54) is 18.2 Å². The van der Waals surface area contributed by atoms with Gasteiger partial charge in [-0.2, -0.15) is 13.2 Å². The molecule has 0 saturated heterocycles. The molecule has 0 aliphatic carbocycles. The molecule has 2 aromatic rings. The summed E-state index contributed by atoms with van der Waals surface area (Å²) in [6, 6.07) is 13.8. The van der Waals surface area contributed by atoms with Crippen molar-refractivity contribution in [1.82, 2.24) is 4.90 Å². The molecule has 6 heteroatoms. The lowest BCUT2D eigenvalue weighted by Crippen LogP contribution is -2.31. The summed E-state index contributed by atoms with van der Waals surface area (Å²) in [6.07, 6.45) is -3.73. The fourth-order valence-electron chi connectivity index (χ4n) is 2.89. The highest BCUT2D eigenvalue weighted by Crippen LogP contribution is 2.41. The molecule has 0 fully saturated rings. The lowest BCUT2D eigenvalue weighted by Gasteiger charge is -2.32. The van der Waals surface area contributed by atoms with Crippen LogP contribution in [0.3, 0.4) is 0 Å². The Hall–Kier alpha value is -1.56. The van der Waals surface area contributed by atoms with Crippen molar-refractivity contribution in [2.24, 2.45) is 0 Å². The van der Waals surface area contributed by atoms with Crippen LogP contribution >= 0.6 is 12.4 Å². The van der Waals surface area contributed by atoms with Crippen LogP contribution < -0.4 is 0 Å². The fourth-order valence-corrected chi connectivity index (χ4v) is 2.89. The summed E-state index contributed by atoms with van der Waals surface area (Å²) in [7, 11) is 3.79. The maximum atomic E-state index is 13.4. The zero-order chi connectivity index (χ0) is 17.8. The van der Waals surface area contributed by atoms with E-state index in [4.69, 9.17) is 0 Å². The molecule has 25 heavy (non-hydrogen) atoms. The lowest BCUT2D eigenvalue weighted by molar-refractivity contribution is -0.140. The summed E-state index contributed by atoms with van der Waals surface area (Å²) in [5.41, 5.74) is -2.09. The van der Waals surface area contributed by atoms with E-state index in [1.54, 1.807) is 30.3 Å². The van der Waals surface area contributed by atoms with Crippen LogP contribution in [-0.2, 0) is 11.8 Å². The maximum Gasteiger partial charge on any atom is 0.416 e. The van der Waals surface area contributed by atoms with E-state index in [0.717, 1.165) is 6.07 Å². The number of halogens is 4. The molecule has 2 rings (SSSR count). The Morgan fingerprint density at radius 2 is 1.40 bits per heavy atom. The molecule has 138 valence electrons. The first-order valence-corrected chi connectivity index (χ1v) is 7.84. The van der Waals surface area contributed by atoms with Gasteiger partial charge < -0.3 is 10.0 Å². The number of nitrogens with zero attached hydrogens (tertiary/aromatic N) is 1. The van der Waals surface area contributed by atoms with Crippen molar-refractivity contribution in [1.29, 1.82) is 0 Å². The third-order valence-corrected chi connectivity index (χ3v) is 4.07. The van der Waals surface area contributed by atoms with Gasteiger partial charge in [0.1, 0.15) is 5.60 Å². The van der Waals surface area contributed by atoms with Gasteiger partial charge in [0.15, 0.2) is 0 Å². The average Bonchev–Trinajstić information content (AvgIpc) is 2.54. The minimum absolute atomic E-state index is 0. The first-order chi connectivity index (χ1) is 11.2. The number of rotatable bonds is 6. The highest BCUT2D eigenvalue weighted by Gasteiger charge is 2.41. The third-order valence-electron chi connectivity index (χ3n) is 4.07. The van der Waals surface area contributed by atoms with E-state index in [1.807, 2.05) is 19.0 Å². The predicted octanol–water partition coefficient (Wildman–Crippen LogP) is 4.70. The van der Waals surface area contributed by atoms with Gasteiger partial charge >= 0.3 is 6.18 Å². The van der Waals surface area contributed by atoms with E-state index in [-0.39, 0.29) is 24.4 Å². The lowest BCUT2D eigenvalue weighted by atomic mass is 9.80. The Morgan fingerprint density at radius 3 is 1.92 bits per heavy atom. The molecule has 0 aliphatic heterocycles. The molecule has 0 bridgehead atoms. The zero-order valence-electron chi connectivity index (χ0n) is 14.3. The molecule has 0 saturated carbocycles. The van der Waals surface area contributed by atoms with Gasteiger partial charge in [0.05, 0.1) is 5.56 Å². The summed E-state index contributed by atoms with van der Waals surface area (Å²) in [4.78, 5) is 1.95. The highest BCUT2D eigenvalue weighted by atomic mass is 35.5. The summed E-state index contributed by atoms with van der Waals surface area (Å²) >= 11 is 0. The molecule has 2 nitrogen and oxygen atoms in total. The minimum Gasteiger partial charge on any atom is -0.380 e. The van der Waals surface area contributed by atoms with Gasteiger partial charge in [-0.05, 0) is 45.1 Å². The monoisotopic (exact) mass is 373 g/mol. The second-order valence-electron chi connectivity index (χ2n) is 6.18. The number of hydrogen-bond acceptors (Lipinski definition) is 2. The van der Waals surface area contributed by atoms with Gasteiger partial charge in [0.2, 0.25) is 0 Å². The van der Waals surface area contributed by atoms with Crippen LogP contribution in [0.2, 0.25) is 0 Å². The van der Waals surface area contributed by atoms with Crippen molar-refractivity contribution in [3.63, 3.8) is 0 Å². The van der Waals surface area contributed by atoms with Gasteiger partial charge in [-0.3, -0.25) is 0 Å². The van der Waals surface area contributed by atoms with E-state index in [2.05, 4.69) is 0 Å². The van der Waals surface area contributed by atoms with Crippen molar-refractivity contribution < 1.29 is 18.3 Å². The molecular formula is C19H23ClF3NO. The second-order valence-corrected chi connectivity index (χ2v) is 6.18. The van der Waals surface area contributed by atoms with Crippen LogP contribution in [-0.4, -0.2) is 30.6 Å². The van der Waals surface area contributed by atoms with Crippen molar-refractivity contribution in [2.75, 3.05) is 20.6 Å². The van der Waals surface area contributed by atoms with Gasteiger partial charge in [0, 0.05) is 5.56 Å². The van der Waals surface area contributed by atoms with E-state index in [9.17, 15) is 18.3 Å². The van der Waals surface area contributed by atoms with Gasteiger partial charge in [-0.15, -0.1) is 12.4 Å². The highest BCUT2D eigenvalue weighted by molar-refractivity contribution is 5.85. The van der Waals surface area contributed by atoms with Gasteiger partial charge in [-0.1, -0.05) is 48.5 Å². The maximum absolute atomic E-state index is 13.4. The van der Waals surface area contributed by atoms with Gasteiger partial charge in [0.25, 0.3) is 0 Å². The second kappa shape index (κ2) is 8.70. The Morgan fingerprint density at radius 1 is 0.880 bits per heavy atom. The van der Waals surface area contributed by atoms with Crippen LogP contribution in [0.4, 0.5) is 13.2 Å². The minimum atomic E-state index is -4.51. The first kappa shape index (κ1) is 21.5. The predicted molar refractivity (Wildman–Crippen MR) is 95.9 cm³/mol. The standard InChI is InChI=1S/C19H22F3NO.ClH/c1-23(2)14-8-13-18(24,15-9-4-3-5-10-15)16-11-6-7-12-17(16)19(20,21)22;/h3-7,9-12,24H,8,13-14H2,1-2H3;1H. The van der Waals surface area contributed by atoms with Crippen LogP contribution in [0.5, 0.6) is 0 Å². The molecule has 1 unspecified atom stereocenters. The van der Waals surface area contributed by atoms with E-state index >= 15 is 0 Å². The number of benzene rings is 2. The molecule has 0 amide bonds. The van der Waals surface area contributed by atoms with Crippen molar-refractivity contribution in [2.45, 2.75) is 24.6 Å². The first-order valence-electron chi connectivity index (χ1n) is 7.84. The molecule has 2 aromatic carbocycles. The molecule has 1 N–H and O–H groups in total. The van der Waals surface area contributed by atoms with Crippen LogP contribution in [0, 0.1) is 0 Å². The zero-order valence-corrected chi connectivity index (χ0v) is 15.1. The Labute approximate surface area is 152 Å². The summed E-state index contributed by atoms with van der Waals surface area (Å²) < 4.78 is 40.3. The van der Waals surface area contributed by atoms with Crippen LogP contribution in [0.15, 0.2) is 54.6 Å². The Bertz CT molecular complexity index is 661. The topological polar surface area (TPSA) is 23.5 Å². The molecule has 0 aromatic heterocycles. The summed E-state index contributed by atoms with van der Waals surface area (Å²) in [6.45, 7) is 0.684. The molecule has 0 aliphatic rings. The van der Waals surface area contributed by atoms with Crippen molar-refractivity contribution in [3.05, 3.63) is 71.3 Å². The quantitative estimate of drug-likeness (QED) is 0.793. The molecule has 1 atom stereocenters. The fraction of sp³-hybridized carbons (Fsp3) is 0.368. The number of aliphatic hydroxyl groups is 1. The molecule has 0 radical (unpaired) electrons. The normalized spacial score (nSPS) is 14.0. The largest absolute Gasteiger partial charge is 0.416 e. The van der Waals surface area contributed by atoms with E-state index in [0.29, 0.717) is 18.5 Å². The number of hydrogen-bond donors (Lipinski definition) is 1. The SMILES string of the molecule is CN(C)CCCC(O)(c1ccccc1)c1ccccc1C(F)(F)F.Cl. The third kappa shape index (κ3) is 5.21. The Kier molecular flexibility index (Phi) is 7.47. The molecular weight excluding hydrogens is 351 g/mol. The molecule has 0 spiro atoms. The van der Waals surface area contributed by atoms with E-state index < -0.39 is 17.3 Å². The van der Waals surface area contributed by atoms with Crippen LogP contribution in [0.1, 0.15) is 29.5 Å². The van der Waals surface area contributed by atoms with Crippen LogP contribution in [0.25, 0.3) is 0 Å². The Balaban J connectivity index is 0.00000312. The summed E-state index contributed by atoms with van der Waals surface area (Å²) in [5.74, 6) is 0. The summed E-state index contributed by atoms with van der Waals surface area (Å²) in [5, 5.41) is 11.3. The van der Waals surface area contributed by atoms with Gasteiger partial charge in [-0.25, -0.2) is 0 Å². The number of alkyl halides is 3. The molecule has 0 heterocycles. The van der Waals surface area contributed by atoms with Crippen molar-refractivity contribution in [3.8, 4) is 0 Å². The smallest absolute Gasteiger partial charge is 0.380 e. The average molecular weight is 374 g/mol. The van der Waals surface area contributed by atoms with Crippen molar-refractivity contribution >= 4 is 12.4 Å².